The standard InChI is InChI=1S/C14H16ClN3/c1-14(2,3)10-5-4-9(6-11(10)16)12-7-13(15)18-8-17-12/h4-8H,16H2,1-3H3. The molecule has 18 heavy (non-hydrogen) atoms. The normalized spacial score (nSPS) is 11.6. The van der Waals surface area contributed by atoms with Gasteiger partial charge in [0.25, 0.3) is 0 Å². The molecule has 0 fully saturated rings. The van der Waals surface area contributed by atoms with Crippen LogP contribution in [0.1, 0.15) is 26.3 Å². The summed E-state index contributed by atoms with van der Waals surface area (Å²) < 4.78 is 0. The molecule has 0 bridgehead atoms. The van der Waals surface area contributed by atoms with Crippen LogP contribution in [0.15, 0.2) is 30.6 Å². The Morgan fingerprint density at radius 1 is 1.11 bits per heavy atom. The number of nitrogens with zero attached hydrogens (tertiary/aromatic N) is 2. The van der Waals surface area contributed by atoms with Crippen LogP contribution in [0.25, 0.3) is 11.3 Å². The minimum Gasteiger partial charge on any atom is -0.398 e. The first-order chi connectivity index (χ1) is 8.38. The van der Waals surface area contributed by atoms with Crippen molar-refractivity contribution in [3.63, 3.8) is 0 Å². The summed E-state index contributed by atoms with van der Waals surface area (Å²) in [5, 5.41) is 0.429. The maximum Gasteiger partial charge on any atom is 0.133 e. The Kier molecular flexibility index (Phi) is 3.26. The number of nitrogen functional groups attached to an aromatic ring is 1. The van der Waals surface area contributed by atoms with Crippen molar-refractivity contribution in [2.45, 2.75) is 26.2 Å². The second-order valence-corrected chi connectivity index (χ2v) is 5.67. The molecule has 1 aromatic carbocycles. The van der Waals surface area contributed by atoms with Crippen LogP contribution in [0.5, 0.6) is 0 Å². The maximum absolute atomic E-state index is 6.11. The Bertz CT molecular complexity index is 573. The summed E-state index contributed by atoms with van der Waals surface area (Å²) in [5.41, 5.74) is 9.77. The second-order valence-electron chi connectivity index (χ2n) is 5.28. The molecule has 0 aliphatic heterocycles. The van der Waals surface area contributed by atoms with Crippen molar-refractivity contribution >= 4 is 17.3 Å². The van der Waals surface area contributed by atoms with Crippen molar-refractivity contribution in [2.75, 3.05) is 5.73 Å². The van der Waals surface area contributed by atoms with Crippen LogP contribution in [0.3, 0.4) is 0 Å². The van der Waals surface area contributed by atoms with E-state index in [2.05, 4.69) is 30.7 Å². The SMILES string of the molecule is CC(C)(C)c1ccc(-c2cc(Cl)ncn2)cc1N. The smallest absolute Gasteiger partial charge is 0.133 e. The Hall–Kier alpha value is -1.61. The lowest BCUT2D eigenvalue weighted by molar-refractivity contribution is 0.592. The molecule has 0 saturated heterocycles. The zero-order valence-corrected chi connectivity index (χ0v) is 11.5. The minimum atomic E-state index is 0.0337. The molecule has 2 N–H and O–H groups in total. The van der Waals surface area contributed by atoms with Gasteiger partial charge in [-0.05, 0) is 17.0 Å². The molecule has 1 aromatic heterocycles. The van der Waals surface area contributed by atoms with Gasteiger partial charge >= 0.3 is 0 Å². The first-order valence-electron chi connectivity index (χ1n) is 5.76. The summed E-state index contributed by atoms with van der Waals surface area (Å²) >= 11 is 5.86. The fourth-order valence-corrected chi connectivity index (χ4v) is 2.04. The third-order valence-corrected chi connectivity index (χ3v) is 3.00. The molecule has 0 radical (unpaired) electrons. The van der Waals surface area contributed by atoms with E-state index in [0.29, 0.717) is 5.15 Å². The molecule has 4 heteroatoms. The van der Waals surface area contributed by atoms with Crippen molar-refractivity contribution in [3.05, 3.63) is 41.3 Å². The topological polar surface area (TPSA) is 51.8 Å². The fraction of sp³-hybridized carbons (Fsp3) is 0.286. The molecule has 3 nitrogen and oxygen atoms in total. The van der Waals surface area contributed by atoms with Gasteiger partial charge < -0.3 is 5.73 Å². The molecule has 0 aliphatic carbocycles. The number of hydrogen-bond acceptors (Lipinski definition) is 3. The molecule has 0 aliphatic rings. The van der Waals surface area contributed by atoms with Gasteiger partial charge in [0.05, 0.1) is 5.69 Å². The molecule has 0 saturated carbocycles. The van der Waals surface area contributed by atoms with Crippen molar-refractivity contribution in [3.8, 4) is 11.3 Å². The van der Waals surface area contributed by atoms with E-state index in [0.717, 1.165) is 22.5 Å². The number of aromatic nitrogens is 2. The van der Waals surface area contributed by atoms with E-state index in [9.17, 15) is 0 Å². The molecule has 0 amide bonds. The molecule has 0 spiro atoms. The lowest BCUT2D eigenvalue weighted by Crippen LogP contribution is -2.13. The lowest BCUT2D eigenvalue weighted by atomic mass is 9.85. The number of halogens is 1. The van der Waals surface area contributed by atoms with Gasteiger partial charge in [-0.15, -0.1) is 0 Å². The van der Waals surface area contributed by atoms with E-state index in [4.69, 9.17) is 17.3 Å². The first kappa shape index (κ1) is 12.8. The number of hydrogen-bond donors (Lipinski definition) is 1. The zero-order chi connectivity index (χ0) is 13.3. The highest BCUT2D eigenvalue weighted by Crippen LogP contribution is 2.31. The van der Waals surface area contributed by atoms with Crippen LogP contribution in [-0.2, 0) is 5.41 Å². The second kappa shape index (κ2) is 4.58. The van der Waals surface area contributed by atoms with Gasteiger partial charge in [0.2, 0.25) is 0 Å². The van der Waals surface area contributed by atoms with Crippen LogP contribution < -0.4 is 5.73 Å². The third kappa shape index (κ3) is 2.62. The minimum absolute atomic E-state index is 0.0337. The maximum atomic E-state index is 6.11. The molecular formula is C14H16ClN3. The molecule has 2 rings (SSSR count). The summed E-state index contributed by atoms with van der Waals surface area (Å²) in [6.45, 7) is 6.42. The van der Waals surface area contributed by atoms with E-state index in [1.807, 2.05) is 18.2 Å². The summed E-state index contributed by atoms with van der Waals surface area (Å²) in [6.07, 6.45) is 1.45. The van der Waals surface area contributed by atoms with Crippen molar-refractivity contribution < 1.29 is 0 Å². The molecule has 94 valence electrons. The zero-order valence-electron chi connectivity index (χ0n) is 10.7. The lowest BCUT2D eigenvalue weighted by Gasteiger charge is -2.21. The molecule has 2 aromatic rings. The highest BCUT2D eigenvalue weighted by Gasteiger charge is 2.17. The molecule has 0 unspecified atom stereocenters. The van der Waals surface area contributed by atoms with E-state index >= 15 is 0 Å². The van der Waals surface area contributed by atoms with E-state index in [1.54, 1.807) is 6.07 Å². The van der Waals surface area contributed by atoms with E-state index < -0.39 is 0 Å². The monoisotopic (exact) mass is 261 g/mol. The van der Waals surface area contributed by atoms with Gasteiger partial charge in [-0.2, -0.15) is 0 Å². The molecular weight excluding hydrogens is 246 g/mol. The first-order valence-corrected chi connectivity index (χ1v) is 6.13. The van der Waals surface area contributed by atoms with Crippen LogP contribution in [0.2, 0.25) is 5.15 Å². The number of rotatable bonds is 1. The highest BCUT2D eigenvalue weighted by molar-refractivity contribution is 6.29. The van der Waals surface area contributed by atoms with Gasteiger partial charge in [0.1, 0.15) is 11.5 Å². The van der Waals surface area contributed by atoms with E-state index in [-0.39, 0.29) is 5.41 Å². The average molecular weight is 262 g/mol. The molecule has 0 atom stereocenters. The third-order valence-electron chi connectivity index (χ3n) is 2.79. The number of nitrogens with two attached hydrogens (primary N) is 1. The Labute approximate surface area is 112 Å². The van der Waals surface area contributed by atoms with Crippen molar-refractivity contribution in [1.82, 2.24) is 9.97 Å². The Morgan fingerprint density at radius 2 is 1.83 bits per heavy atom. The van der Waals surface area contributed by atoms with Gasteiger partial charge in [-0.1, -0.05) is 44.5 Å². The summed E-state index contributed by atoms with van der Waals surface area (Å²) in [5.74, 6) is 0. The van der Waals surface area contributed by atoms with Crippen LogP contribution >= 0.6 is 11.6 Å². The van der Waals surface area contributed by atoms with Crippen LogP contribution in [0, 0.1) is 0 Å². The summed E-state index contributed by atoms with van der Waals surface area (Å²) in [7, 11) is 0. The number of anilines is 1. The van der Waals surface area contributed by atoms with Crippen molar-refractivity contribution in [2.24, 2.45) is 0 Å². The van der Waals surface area contributed by atoms with Gasteiger partial charge in [0.15, 0.2) is 0 Å². The summed E-state index contributed by atoms with van der Waals surface area (Å²) in [6, 6.07) is 7.71. The largest absolute Gasteiger partial charge is 0.398 e. The van der Waals surface area contributed by atoms with Crippen LogP contribution in [0.4, 0.5) is 5.69 Å². The Balaban J connectivity index is 2.47. The molecule has 1 heterocycles. The van der Waals surface area contributed by atoms with Crippen LogP contribution in [-0.4, -0.2) is 9.97 Å². The number of benzene rings is 1. The predicted octanol–water partition coefficient (Wildman–Crippen LogP) is 3.68. The quantitative estimate of drug-likeness (QED) is 0.629. The Morgan fingerprint density at radius 3 is 2.39 bits per heavy atom. The highest BCUT2D eigenvalue weighted by atomic mass is 35.5. The fourth-order valence-electron chi connectivity index (χ4n) is 1.90. The average Bonchev–Trinajstić information content (AvgIpc) is 2.27. The predicted molar refractivity (Wildman–Crippen MR) is 75.6 cm³/mol. The summed E-state index contributed by atoms with van der Waals surface area (Å²) in [4.78, 5) is 8.06. The van der Waals surface area contributed by atoms with E-state index in [1.165, 1.54) is 6.33 Å². The van der Waals surface area contributed by atoms with Gasteiger partial charge in [-0.25, -0.2) is 9.97 Å². The van der Waals surface area contributed by atoms with Crippen molar-refractivity contribution in [1.29, 1.82) is 0 Å². The van der Waals surface area contributed by atoms with Gasteiger partial charge in [-0.3, -0.25) is 0 Å². The van der Waals surface area contributed by atoms with Gasteiger partial charge in [0, 0.05) is 17.3 Å².